The van der Waals surface area contributed by atoms with E-state index >= 15 is 0 Å². The SMILES string of the molecule is CNCc1cc(N(C)c2cccc(C)c2)ccn1. The Kier molecular flexibility index (Phi) is 3.95. The predicted molar refractivity (Wildman–Crippen MR) is 76.2 cm³/mol. The molecule has 2 aromatic rings. The third-order valence-corrected chi connectivity index (χ3v) is 2.93. The molecular weight excluding hydrogens is 222 g/mol. The summed E-state index contributed by atoms with van der Waals surface area (Å²) in [6.45, 7) is 2.89. The van der Waals surface area contributed by atoms with Crippen molar-refractivity contribution in [2.24, 2.45) is 0 Å². The Bertz CT molecular complexity index is 523. The van der Waals surface area contributed by atoms with Gasteiger partial charge in [-0.05, 0) is 43.8 Å². The zero-order valence-corrected chi connectivity index (χ0v) is 11.1. The molecule has 0 saturated carbocycles. The Morgan fingerprint density at radius 2 is 1.94 bits per heavy atom. The summed E-state index contributed by atoms with van der Waals surface area (Å²) in [4.78, 5) is 6.51. The van der Waals surface area contributed by atoms with Crippen molar-refractivity contribution in [3.8, 4) is 0 Å². The predicted octanol–water partition coefficient (Wildman–Crippen LogP) is 2.88. The summed E-state index contributed by atoms with van der Waals surface area (Å²) in [7, 11) is 4.01. The Balaban J connectivity index is 2.27. The van der Waals surface area contributed by atoms with Crippen molar-refractivity contribution in [3.63, 3.8) is 0 Å². The van der Waals surface area contributed by atoms with E-state index in [4.69, 9.17) is 0 Å². The second-order valence-corrected chi connectivity index (χ2v) is 4.43. The van der Waals surface area contributed by atoms with Gasteiger partial charge in [0.25, 0.3) is 0 Å². The Labute approximate surface area is 108 Å². The lowest BCUT2D eigenvalue weighted by molar-refractivity contribution is 0.791. The van der Waals surface area contributed by atoms with Gasteiger partial charge >= 0.3 is 0 Å². The molecule has 0 bridgehead atoms. The average molecular weight is 241 g/mol. The summed E-state index contributed by atoms with van der Waals surface area (Å²) >= 11 is 0. The van der Waals surface area contributed by atoms with Crippen LogP contribution in [0.2, 0.25) is 0 Å². The molecular formula is C15H19N3. The van der Waals surface area contributed by atoms with Crippen molar-refractivity contribution < 1.29 is 0 Å². The summed E-state index contributed by atoms with van der Waals surface area (Å²) in [5.41, 5.74) is 4.66. The van der Waals surface area contributed by atoms with Gasteiger partial charge in [0.1, 0.15) is 0 Å². The standard InChI is InChI=1S/C15H19N3/c1-12-5-4-6-14(9-12)18(3)15-7-8-17-13(10-15)11-16-2/h4-10,16H,11H2,1-3H3. The normalized spacial score (nSPS) is 10.4. The van der Waals surface area contributed by atoms with Gasteiger partial charge < -0.3 is 10.2 Å². The van der Waals surface area contributed by atoms with Crippen molar-refractivity contribution in [1.82, 2.24) is 10.3 Å². The average Bonchev–Trinajstić information content (AvgIpc) is 2.39. The molecule has 0 amide bonds. The number of nitrogens with zero attached hydrogens (tertiary/aromatic N) is 2. The molecule has 94 valence electrons. The number of pyridine rings is 1. The monoisotopic (exact) mass is 241 g/mol. The highest BCUT2D eigenvalue weighted by Gasteiger charge is 2.05. The van der Waals surface area contributed by atoms with Gasteiger partial charge in [-0.15, -0.1) is 0 Å². The zero-order chi connectivity index (χ0) is 13.0. The first kappa shape index (κ1) is 12.6. The van der Waals surface area contributed by atoms with Gasteiger partial charge in [-0.25, -0.2) is 0 Å². The molecule has 1 aromatic carbocycles. The van der Waals surface area contributed by atoms with Crippen LogP contribution in [0.15, 0.2) is 42.6 Å². The molecule has 0 radical (unpaired) electrons. The van der Waals surface area contributed by atoms with E-state index in [0.29, 0.717) is 0 Å². The van der Waals surface area contributed by atoms with Gasteiger partial charge in [-0.2, -0.15) is 0 Å². The fourth-order valence-corrected chi connectivity index (χ4v) is 1.94. The molecule has 1 N–H and O–H groups in total. The van der Waals surface area contributed by atoms with Gasteiger partial charge in [0.2, 0.25) is 0 Å². The second-order valence-electron chi connectivity index (χ2n) is 4.43. The van der Waals surface area contributed by atoms with Gasteiger partial charge in [-0.1, -0.05) is 12.1 Å². The Morgan fingerprint density at radius 3 is 2.67 bits per heavy atom. The molecule has 18 heavy (non-hydrogen) atoms. The van der Waals surface area contributed by atoms with Crippen LogP contribution >= 0.6 is 0 Å². The highest BCUT2D eigenvalue weighted by atomic mass is 15.1. The third kappa shape index (κ3) is 2.87. The first-order chi connectivity index (χ1) is 8.70. The van der Waals surface area contributed by atoms with E-state index in [1.54, 1.807) is 0 Å². The first-order valence-electron chi connectivity index (χ1n) is 6.10. The maximum Gasteiger partial charge on any atom is 0.0562 e. The van der Waals surface area contributed by atoms with Gasteiger partial charge in [-0.3, -0.25) is 4.98 Å². The molecule has 2 rings (SSSR count). The smallest absolute Gasteiger partial charge is 0.0562 e. The molecule has 3 heteroatoms. The number of hydrogen-bond acceptors (Lipinski definition) is 3. The first-order valence-corrected chi connectivity index (χ1v) is 6.10. The van der Waals surface area contributed by atoms with E-state index in [1.165, 1.54) is 11.3 Å². The Hall–Kier alpha value is -1.87. The summed E-state index contributed by atoms with van der Waals surface area (Å²) in [6, 6.07) is 12.6. The molecule has 0 aliphatic carbocycles. The van der Waals surface area contributed by atoms with E-state index in [-0.39, 0.29) is 0 Å². The maximum atomic E-state index is 4.33. The molecule has 0 atom stereocenters. The Morgan fingerprint density at radius 1 is 1.17 bits per heavy atom. The maximum absolute atomic E-state index is 4.33. The van der Waals surface area contributed by atoms with Crippen LogP contribution in [-0.2, 0) is 6.54 Å². The third-order valence-electron chi connectivity index (χ3n) is 2.93. The minimum atomic E-state index is 0.787. The van der Waals surface area contributed by atoms with E-state index < -0.39 is 0 Å². The number of aromatic nitrogens is 1. The van der Waals surface area contributed by atoms with Crippen molar-refractivity contribution in [2.75, 3.05) is 19.0 Å². The number of hydrogen-bond donors (Lipinski definition) is 1. The van der Waals surface area contributed by atoms with Crippen LogP contribution in [0.1, 0.15) is 11.3 Å². The van der Waals surface area contributed by atoms with Crippen LogP contribution in [0.25, 0.3) is 0 Å². The van der Waals surface area contributed by atoms with E-state index in [2.05, 4.69) is 59.5 Å². The molecule has 0 fully saturated rings. The van der Waals surface area contributed by atoms with Crippen molar-refractivity contribution in [1.29, 1.82) is 0 Å². The molecule has 0 spiro atoms. The summed E-state index contributed by atoms with van der Waals surface area (Å²) in [5, 5.41) is 3.12. The molecule has 0 aliphatic heterocycles. The van der Waals surface area contributed by atoms with E-state index in [9.17, 15) is 0 Å². The minimum Gasteiger partial charge on any atom is -0.345 e. The number of aryl methyl sites for hydroxylation is 1. The molecule has 3 nitrogen and oxygen atoms in total. The number of nitrogens with one attached hydrogen (secondary N) is 1. The lowest BCUT2D eigenvalue weighted by Crippen LogP contribution is -2.12. The number of benzene rings is 1. The fourth-order valence-electron chi connectivity index (χ4n) is 1.94. The van der Waals surface area contributed by atoms with Crippen LogP contribution < -0.4 is 10.2 Å². The van der Waals surface area contributed by atoms with Crippen LogP contribution in [0, 0.1) is 6.92 Å². The topological polar surface area (TPSA) is 28.2 Å². The summed E-state index contributed by atoms with van der Waals surface area (Å²) < 4.78 is 0. The fraction of sp³-hybridized carbons (Fsp3) is 0.267. The van der Waals surface area contributed by atoms with Crippen molar-refractivity contribution in [3.05, 3.63) is 53.9 Å². The van der Waals surface area contributed by atoms with Gasteiger partial charge in [0.05, 0.1) is 5.69 Å². The van der Waals surface area contributed by atoms with Crippen LogP contribution in [-0.4, -0.2) is 19.1 Å². The van der Waals surface area contributed by atoms with E-state index in [0.717, 1.165) is 17.9 Å². The van der Waals surface area contributed by atoms with Crippen molar-refractivity contribution >= 4 is 11.4 Å². The summed E-state index contributed by atoms with van der Waals surface area (Å²) in [5.74, 6) is 0. The van der Waals surface area contributed by atoms with Crippen LogP contribution in [0.5, 0.6) is 0 Å². The lowest BCUT2D eigenvalue weighted by atomic mass is 10.2. The van der Waals surface area contributed by atoms with Crippen LogP contribution in [0.3, 0.4) is 0 Å². The highest BCUT2D eigenvalue weighted by Crippen LogP contribution is 2.24. The lowest BCUT2D eigenvalue weighted by Gasteiger charge is -2.20. The zero-order valence-electron chi connectivity index (χ0n) is 11.1. The highest BCUT2D eigenvalue weighted by molar-refractivity contribution is 5.62. The molecule has 0 saturated heterocycles. The molecule has 0 unspecified atom stereocenters. The van der Waals surface area contributed by atoms with Crippen LogP contribution in [0.4, 0.5) is 11.4 Å². The summed E-state index contributed by atoms with van der Waals surface area (Å²) in [6.07, 6.45) is 1.86. The van der Waals surface area contributed by atoms with E-state index in [1.807, 2.05) is 19.3 Å². The molecule has 0 aliphatic rings. The van der Waals surface area contributed by atoms with Gasteiger partial charge in [0, 0.05) is 31.2 Å². The van der Waals surface area contributed by atoms with Crippen molar-refractivity contribution in [2.45, 2.75) is 13.5 Å². The quantitative estimate of drug-likeness (QED) is 0.892. The van der Waals surface area contributed by atoms with Gasteiger partial charge in [0.15, 0.2) is 0 Å². The number of anilines is 2. The minimum absolute atomic E-state index is 0.787. The molecule has 1 aromatic heterocycles. The number of rotatable bonds is 4. The second kappa shape index (κ2) is 5.65. The largest absolute Gasteiger partial charge is 0.345 e. The molecule has 1 heterocycles.